The van der Waals surface area contributed by atoms with Crippen LogP contribution in [0.15, 0.2) is 71.1 Å². The summed E-state index contributed by atoms with van der Waals surface area (Å²) in [5, 5.41) is 3.40. The van der Waals surface area contributed by atoms with Crippen LogP contribution in [0.4, 0.5) is 5.69 Å². The number of hydrogen-bond acceptors (Lipinski definition) is 5. The average Bonchev–Trinajstić information content (AvgIpc) is 3.19. The third-order valence-corrected chi connectivity index (χ3v) is 4.68. The molecule has 1 amide bonds. The normalized spacial score (nSPS) is 10.7. The number of carbonyl (C=O) groups is 2. The van der Waals surface area contributed by atoms with Crippen LogP contribution in [-0.2, 0) is 9.53 Å². The molecular weight excluding hydrogens is 380 g/mol. The number of para-hydroxylation sites is 2. The number of benzene rings is 2. The summed E-state index contributed by atoms with van der Waals surface area (Å²) in [7, 11) is 0. The van der Waals surface area contributed by atoms with Crippen molar-refractivity contribution in [3.63, 3.8) is 0 Å². The first-order chi connectivity index (χ1) is 14.5. The van der Waals surface area contributed by atoms with Gasteiger partial charge in [-0.05, 0) is 49.7 Å². The fourth-order valence-electron chi connectivity index (χ4n) is 3.15. The molecule has 0 bridgehead atoms. The summed E-state index contributed by atoms with van der Waals surface area (Å²) < 4.78 is 10.9. The molecule has 4 aromatic rings. The van der Waals surface area contributed by atoms with Gasteiger partial charge in [-0.2, -0.15) is 0 Å². The Morgan fingerprint density at radius 3 is 2.53 bits per heavy atom. The van der Waals surface area contributed by atoms with E-state index >= 15 is 0 Å². The lowest BCUT2D eigenvalue weighted by atomic mass is 10.1. The molecular formula is C24H20N2O4. The highest BCUT2D eigenvalue weighted by molar-refractivity contribution is 6.05. The first-order valence-corrected chi connectivity index (χ1v) is 9.50. The Kier molecular flexibility index (Phi) is 5.30. The van der Waals surface area contributed by atoms with Gasteiger partial charge in [0.2, 0.25) is 0 Å². The number of nitrogens with one attached hydrogen (secondary N) is 1. The summed E-state index contributed by atoms with van der Waals surface area (Å²) in [6.07, 6.45) is 0. The molecule has 0 atom stereocenters. The van der Waals surface area contributed by atoms with Crippen molar-refractivity contribution in [3.8, 4) is 11.5 Å². The van der Waals surface area contributed by atoms with Crippen LogP contribution in [0, 0.1) is 13.8 Å². The Bertz CT molecular complexity index is 1240. The van der Waals surface area contributed by atoms with E-state index in [2.05, 4.69) is 10.3 Å². The molecule has 30 heavy (non-hydrogen) atoms. The molecule has 4 rings (SSSR count). The van der Waals surface area contributed by atoms with E-state index in [0.29, 0.717) is 33.6 Å². The number of fused-ring (bicyclic) bond motifs is 1. The van der Waals surface area contributed by atoms with Gasteiger partial charge in [0.1, 0.15) is 11.5 Å². The maximum Gasteiger partial charge on any atom is 0.339 e. The van der Waals surface area contributed by atoms with Crippen molar-refractivity contribution in [2.75, 3.05) is 11.9 Å². The smallest absolute Gasteiger partial charge is 0.339 e. The van der Waals surface area contributed by atoms with Crippen LogP contribution in [0.3, 0.4) is 0 Å². The van der Waals surface area contributed by atoms with Crippen LogP contribution in [0.1, 0.15) is 21.7 Å². The lowest BCUT2D eigenvalue weighted by Crippen LogP contribution is -2.21. The zero-order chi connectivity index (χ0) is 21.1. The number of anilines is 1. The number of aromatic nitrogens is 1. The molecule has 0 aliphatic carbocycles. The lowest BCUT2D eigenvalue weighted by Gasteiger charge is -2.10. The molecule has 0 fully saturated rings. The van der Waals surface area contributed by atoms with Crippen LogP contribution in [0.2, 0.25) is 0 Å². The van der Waals surface area contributed by atoms with Crippen LogP contribution in [0.25, 0.3) is 22.4 Å². The fraction of sp³-hybridized carbons (Fsp3) is 0.125. The number of amides is 1. The van der Waals surface area contributed by atoms with Crippen molar-refractivity contribution in [2.45, 2.75) is 13.8 Å². The summed E-state index contributed by atoms with van der Waals surface area (Å²) in [5.74, 6) is 0.303. The monoisotopic (exact) mass is 400 g/mol. The molecule has 6 nitrogen and oxygen atoms in total. The number of aryl methyl sites for hydroxylation is 2. The number of nitrogens with zero attached hydrogens (tertiary/aromatic N) is 1. The molecule has 2 aromatic carbocycles. The largest absolute Gasteiger partial charge is 0.460 e. The fourth-order valence-corrected chi connectivity index (χ4v) is 3.15. The molecule has 150 valence electrons. The van der Waals surface area contributed by atoms with E-state index in [1.54, 1.807) is 24.3 Å². The van der Waals surface area contributed by atoms with Gasteiger partial charge in [-0.25, -0.2) is 9.78 Å². The number of furan rings is 1. The van der Waals surface area contributed by atoms with E-state index in [0.717, 1.165) is 11.3 Å². The molecule has 0 aliphatic heterocycles. The van der Waals surface area contributed by atoms with E-state index in [1.165, 1.54) is 0 Å². The van der Waals surface area contributed by atoms with Crippen molar-refractivity contribution in [2.24, 2.45) is 0 Å². The zero-order valence-electron chi connectivity index (χ0n) is 16.6. The molecule has 1 N–H and O–H groups in total. The van der Waals surface area contributed by atoms with Crippen LogP contribution in [-0.4, -0.2) is 23.5 Å². The highest BCUT2D eigenvalue weighted by atomic mass is 16.5. The van der Waals surface area contributed by atoms with Gasteiger partial charge in [0.05, 0.1) is 11.1 Å². The average molecular weight is 400 g/mol. The topological polar surface area (TPSA) is 81.4 Å². The van der Waals surface area contributed by atoms with Gasteiger partial charge in [-0.1, -0.05) is 36.4 Å². The third-order valence-electron chi connectivity index (χ3n) is 4.68. The highest BCUT2D eigenvalue weighted by Crippen LogP contribution is 2.26. The minimum atomic E-state index is -0.599. The Balaban J connectivity index is 1.56. The minimum absolute atomic E-state index is 0.327. The molecule has 6 heteroatoms. The number of hydrogen-bond donors (Lipinski definition) is 1. The Morgan fingerprint density at radius 2 is 1.77 bits per heavy atom. The second-order valence-electron chi connectivity index (χ2n) is 6.92. The molecule has 0 saturated carbocycles. The molecule has 0 spiro atoms. The third kappa shape index (κ3) is 4.07. The minimum Gasteiger partial charge on any atom is -0.460 e. The Hall–Kier alpha value is -3.93. The number of ether oxygens (including phenoxy) is 1. The predicted molar refractivity (Wildman–Crippen MR) is 114 cm³/mol. The lowest BCUT2D eigenvalue weighted by molar-refractivity contribution is -0.119. The zero-order valence-corrected chi connectivity index (χ0v) is 16.6. The van der Waals surface area contributed by atoms with E-state index in [1.807, 2.05) is 56.3 Å². The van der Waals surface area contributed by atoms with Gasteiger partial charge in [0.15, 0.2) is 12.4 Å². The molecule has 0 radical (unpaired) electrons. The van der Waals surface area contributed by atoms with Gasteiger partial charge < -0.3 is 14.5 Å². The van der Waals surface area contributed by atoms with Crippen molar-refractivity contribution in [1.29, 1.82) is 0 Å². The predicted octanol–water partition coefficient (Wildman–Crippen LogP) is 4.91. The molecule has 2 aromatic heterocycles. The number of pyridine rings is 1. The number of rotatable bonds is 5. The van der Waals surface area contributed by atoms with Gasteiger partial charge in [-0.3, -0.25) is 4.79 Å². The van der Waals surface area contributed by atoms with Gasteiger partial charge in [0.25, 0.3) is 5.91 Å². The van der Waals surface area contributed by atoms with Crippen molar-refractivity contribution in [1.82, 2.24) is 4.98 Å². The van der Waals surface area contributed by atoms with Crippen LogP contribution >= 0.6 is 0 Å². The number of esters is 1. The molecule has 0 aliphatic rings. The quantitative estimate of drug-likeness (QED) is 0.482. The van der Waals surface area contributed by atoms with Crippen molar-refractivity contribution in [3.05, 3.63) is 83.6 Å². The maximum absolute atomic E-state index is 12.8. The summed E-state index contributed by atoms with van der Waals surface area (Å²) in [4.78, 5) is 29.6. The van der Waals surface area contributed by atoms with E-state index in [9.17, 15) is 9.59 Å². The van der Waals surface area contributed by atoms with Crippen molar-refractivity contribution < 1.29 is 18.7 Å². The second kappa shape index (κ2) is 8.21. The summed E-state index contributed by atoms with van der Waals surface area (Å²) in [6.45, 7) is 3.34. The molecule has 0 unspecified atom stereocenters. The van der Waals surface area contributed by atoms with Crippen molar-refractivity contribution >= 4 is 28.5 Å². The van der Waals surface area contributed by atoms with Crippen LogP contribution in [0.5, 0.6) is 0 Å². The first kappa shape index (κ1) is 19.4. The van der Waals surface area contributed by atoms with E-state index in [-0.39, 0.29) is 6.61 Å². The van der Waals surface area contributed by atoms with Gasteiger partial charge in [-0.15, -0.1) is 0 Å². The SMILES string of the molecule is Cc1ccc(-c2cc(C(=O)OCC(=O)Nc3ccccc3C)c3ccccc3n2)o1. The highest BCUT2D eigenvalue weighted by Gasteiger charge is 2.18. The summed E-state index contributed by atoms with van der Waals surface area (Å²) in [5.41, 5.74) is 3.10. The maximum atomic E-state index is 12.8. The molecule has 2 heterocycles. The van der Waals surface area contributed by atoms with Crippen LogP contribution < -0.4 is 5.32 Å². The standard InChI is InChI=1S/C24H20N2O4/c1-15-7-3-5-9-19(15)26-23(27)14-29-24(28)18-13-21(22-12-11-16(2)30-22)25-20-10-6-4-8-17(18)20/h3-13H,14H2,1-2H3,(H,26,27). The van der Waals surface area contributed by atoms with Gasteiger partial charge >= 0.3 is 5.97 Å². The Morgan fingerprint density at radius 1 is 1.00 bits per heavy atom. The van der Waals surface area contributed by atoms with Gasteiger partial charge in [0, 0.05) is 11.1 Å². The second-order valence-corrected chi connectivity index (χ2v) is 6.92. The molecule has 0 saturated heterocycles. The summed E-state index contributed by atoms with van der Waals surface area (Å²) >= 11 is 0. The summed E-state index contributed by atoms with van der Waals surface area (Å²) in [6, 6.07) is 19.9. The van der Waals surface area contributed by atoms with E-state index < -0.39 is 11.9 Å². The first-order valence-electron chi connectivity index (χ1n) is 9.50. The Labute approximate surface area is 173 Å². The number of carbonyl (C=O) groups excluding carboxylic acids is 2. The van der Waals surface area contributed by atoms with E-state index in [4.69, 9.17) is 9.15 Å².